The molecular formula is C13H26N4O3. The van der Waals surface area contributed by atoms with E-state index in [2.05, 4.69) is 12.2 Å². The molecule has 7 nitrogen and oxygen atoms in total. The van der Waals surface area contributed by atoms with Crippen LogP contribution in [0.2, 0.25) is 0 Å². The van der Waals surface area contributed by atoms with Gasteiger partial charge in [0, 0.05) is 20.6 Å². The molecule has 1 aliphatic heterocycles. The summed E-state index contributed by atoms with van der Waals surface area (Å²) in [6.07, 6.45) is 2.33. The average Bonchev–Trinajstić information content (AvgIpc) is 2.56. The minimum Gasteiger partial charge on any atom is -0.339 e. The van der Waals surface area contributed by atoms with Crippen molar-refractivity contribution in [3.63, 3.8) is 0 Å². The minimum absolute atomic E-state index is 0.168. The second-order valence-corrected chi connectivity index (χ2v) is 5.68. The Balaban J connectivity index is 2.92. The second kappa shape index (κ2) is 6.30. The number of nitrogens with one attached hydrogen (secondary N) is 1. The molecule has 1 fully saturated rings. The fourth-order valence-electron chi connectivity index (χ4n) is 2.75. The lowest BCUT2D eigenvalue weighted by Gasteiger charge is -2.37. The Morgan fingerprint density at radius 1 is 1.45 bits per heavy atom. The summed E-state index contributed by atoms with van der Waals surface area (Å²) >= 11 is 0. The minimum atomic E-state index is -0.712. The van der Waals surface area contributed by atoms with Crippen LogP contribution in [0.1, 0.15) is 40.0 Å². The zero-order chi connectivity index (χ0) is 15.5. The molecule has 116 valence electrons. The van der Waals surface area contributed by atoms with Crippen molar-refractivity contribution < 1.29 is 14.8 Å². The van der Waals surface area contributed by atoms with E-state index >= 15 is 0 Å². The monoisotopic (exact) mass is 286 g/mol. The van der Waals surface area contributed by atoms with Gasteiger partial charge in [-0.25, -0.2) is 9.59 Å². The van der Waals surface area contributed by atoms with Crippen molar-refractivity contribution in [1.82, 2.24) is 20.2 Å². The SMILES string of the molecule is CCCCCN1C(=O)N(C)[C@H](N(O)C(=O)NC)C1(C)C. The Morgan fingerprint density at radius 3 is 2.55 bits per heavy atom. The van der Waals surface area contributed by atoms with Gasteiger partial charge in [0.25, 0.3) is 0 Å². The molecule has 0 radical (unpaired) electrons. The van der Waals surface area contributed by atoms with Crippen molar-refractivity contribution in [3.05, 3.63) is 0 Å². The topological polar surface area (TPSA) is 76.1 Å². The van der Waals surface area contributed by atoms with Crippen LogP contribution in [-0.2, 0) is 0 Å². The number of urea groups is 2. The molecule has 0 bridgehead atoms. The van der Waals surface area contributed by atoms with Crippen LogP contribution in [0, 0.1) is 0 Å². The summed E-state index contributed by atoms with van der Waals surface area (Å²) in [7, 11) is 3.04. The normalized spacial score (nSPS) is 21.3. The molecule has 1 rings (SSSR count). The highest BCUT2D eigenvalue weighted by Crippen LogP contribution is 2.33. The molecule has 4 amide bonds. The maximum atomic E-state index is 12.3. The molecule has 20 heavy (non-hydrogen) atoms. The number of hydrogen-bond donors (Lipinski definition) is 2. The van der Waals surface area contributed by atoms with Crippen molar-refractivity contribution in [2.24, 2.45) is 0 Å². The van der Waals surface area contributed by atoms with Gasteiger partial charge in [-0.15, -0.1) is 0 Å². The number of hydrogen-bond acceptors (Lipinski definition) is 3. The molecule has 0 saturated carbocycles. The van der Waals surface area contributed by atoms with E-state index < -0.39 is 17.7 Å². The van der Waals surface area contributed by atoms with E-state index in [4.69, 9.17) is 0 Å². The van der Waals surface area contributed by atoms with Crippen molar-refractivity contribution in [2.75, 3.05) is 20.6 Å². The van der Waals surface area contributed by atoms with E-state index in [9.17, 15) is 14.8 Å². The number of likely N-dealkylation sites (N-methyl/N-ethyl adjacent to an activating group) is 1. The molecule has 1 atom stereocenters. The number of unbranched alkanes of at least 4 members (excludes halogenated alkanes) is 2. The van der Waals surface area contributed by atoms with Crippen LogP contribution >= 0.6 is 0 Å². The number of carbonyl (C=O) groups is 2. The van der Waals surface area contributed by atoms with Crippen molar-refractivity contribution in [2.45, 2.75) is 51.7 Å². The Bertz CT molecular complexity index is 373. The van der Waals surface area contributed by atoms with E-state index in [1.807, 2.05) is 13.8 Å². The van der Waals surface area contributed by atoms with Crippen LogP contribution in [0.15, 0.2) is 0 Å². The van der Waals surface area contributed by atoms with Crippen molar-refractivity contribution in [3.8, 4) is 0 Å². The molecule has 0 unspecified atom stereocenters. The third-order valence-corrected chi connectivity index (χ3v) is 3.87. The Kier molecular flexibility index (Phi) is 5.21. The van der Waals surface area contributed by atoms with Gasteiger partial charge in [0.05, 0.1) is 5.54 Å². The Labute approximate surface area is 120 Å². The highest BCUT2D eigenvalue weighted by Gasteiger charge is 2.53. The lowest BCUT2D eigenvalue weighted by molar-refractivity contribution is -0.129. The van der Waals surface area contributed by atoms with E-state index in [0.717, 1.165) is 19.3 Å². The summed E-state index contributed by atoms with van der Waals surface area (Å²) in [5.41, 5.74) is -0.652. The van der Waals surface area contributed by atoms with E-state index in [1.165, 1.54) is 11.9 Å². The predicted molar refractivity (Wildman–Crippen MR) is 75.3 cm³/mol. The molecule has 0 aromatic heterocycles. The lowest BCUT2D eigenvalue weighted by atomic mass is 10.00. The lowest BCUT2D eigenvalue weighted by Crippen LogP contribution is -2.58. The third-order valence-electron chi connectivity index (χ3n) is 3.87. The quantitative estimate of drug-likeness (QED) is 0.458. The first kappa shape index (κ1) is 16.6. The number of carbonyl (C=O) groups excluding carboxylic acids is 2. The fourth-order valence-corrected chi connectivity index (χ4v) is 2.75. The van der Waals surface area contributed by atoms with Crippen LogP contribution < -0.4 is 5.32 Å². The molecule has 0 spiro atoms. The molecule has 0 aromatic rings. The molecule has 1 heterocycles. The summed E-state index contributed by atoms with van der Waals surface area (Å²) in [5, 5.41) is 13.0. The molecule has 0 aliphatic carbocycles. The van der Waals surface area contributed by atoms with Gasteiger partial charge in [-0.3, -0.25) is 5.21 Å². The van der Waals surface area contributed by atoms with Gasteiger partial charge in [0.1, 0.15) is 0 Å². The van der Waals surface area contributed by atoms with Gasteiger partial charge in [-0.2, -0.15) is 5.06 Å². The van der Waals surface area contributed by atoms with Gasteiger partial charge in [-0.05, 0) is 20.3 Å². The fraction of sp³-hybridized carbons (Fsp3) is 0.846. The molecule has 0 aromatic carbocycles. The number of amides is 4. The molecule has 1 saturated heterocycles. The zero-order valence-corrected chi connectivity index (χ0v) is 13.0. The highest BCUT2D eigenvalue weighted by atomic mass is 16.5. The zero-order valence-electron chi connectivity index (χ0n) is 13.0. The molecular weight excluding hydrogens is 260 g/mol. The van der Waals surface area contributed by atoms with Crippen LogP contribution in [0.25, 0.3) is 0 Å². The standard InChI is InChI=1S/C13H26N4O3/c1-6-7-8-9-16-12(19)15(5)10(13(16,2)3)17(20)11(18)14-4/h10,20H,6-9H2,1-5H3,(H,14,18)/t10-/m1/s1. The second-order valence-electron chi connectivity index (χ2n) is 5.68. The largest absolute Gasteiger partial charge is 0.342 e. The Hall–Kier alpha value is -1.50. The van der Waals surface area contributed by atoms with Crippen LogP contribution in [0.5, 0.6) is 0 Å². The molecule has 1 aliphatic rings. The number of nitrogens with zero attached hydrogens (tertiary/aromatic N) is 3. The summed E-state index contributed by atoms with van der Waals surface area (Å²) in [6, 6.07) is -0.794. The number of hydroxylamine groups is 2. The summed E-state index contributed by atoms with van der Waals surface area (Å²) in [4.78, 5) is 27.1. The van der Waals surface area contributed by atoms with Crippen LogP contribution in [0.4, 0.5) is 9.59 Å². The average molecular weight is 286 g/mol. The predicted octanol–water partition coefficient (Wildman–Crippen LogP) is 1.68. The van der Waals surface area contributed by atoms with E-state index in [-0.39, 0.29) is 6.03 Å². The first-order valence-electron chi connectivity index (χ1n) is 7.03. The summed E-state index contributed by atoms with van der Waals surface area (Å²) in [5.74, 6) is 0. The first-order chi connectivity index (χ1) is 9.28. The van der Waals surface area contributed by atoms with Crippen LogP contribution in [0.3, 0.4) is 0 Å². The van der Waals surface area contributed by atoms with Crippen LogP contribution in [-0.4, -0.2) is 64.5 Å². The Morgan fingerprint density at radius 2 is 2.05 bits per heavy atom. The highest BCUT2D eigenvalue weighted by molar-refractivity contribution is 5.80. The maximum Gasteiger partial charge on any atom is 0.342 e. The van der Waals surface area contributed by atoms with Gasteiger partial charge >= 0.3 is 12.1 Å². The maximum absolute atomic E-state index is 12.3. The van der Waals surface area contributed by atoms with Crippen molar-refractivity contribution >= 4 is 12.1 Å². The first-order valence-corrected chi connectivity index (χ1v) is 7.03. The smallest absolute Gasteiger partial charge is 0.339 e. The number of rotatable bonds is 5. The molecule has 7 heteroatoms. The molecule has 2 N–H and O–H groups in total. The summed E-state index contributed by atoms with van der Waals surface area (Å²) in [6.45, 7) is 6.45. The van der Waals surface area contributed by atoms with Crippen molar-refractivity contribution in [1.29, 1.82) is 0 Å². The van der Waals surface area contributed by atoms with Gasteiger partial charge in [-0.1, -0.05) is 19.8 Å². The van der Waals surface area contributed by atoms with E-state index in [0.29, 0.717) is 11.6 Å². The van der Waals surface area contributed by atoms with Gasteiger partial charge < -0.3 is 15.1 Å². The van der Waals surface area contributed by atoms with Gasteiger partial charge in [0.2, 0.25) is 0 Å². The third kappa shape index (κ3) is 2.82. The summed E-state index contributed by atoms with van der Waals surface area (Å²) < 4.78 is 0. The van der Waals surface area contributed by atoms with Gasteiger partial charge in [0.15, 0.2) is 6.17 Å². The van der Waals surface area contributed by atoms with E-state index in [1.54, 1.807) is 11.9 Å².